The number of benzene rings is 1. The summed E-state index contributed by atoms with van der Waals surface area (Å²) in [5, 5.41) is 14.6. The molecule has 24 heavy (non-hydrogen) atoms. The number of hydrogen-bond donors (Lipinski definition) is 3. The number of carbonyl (C=O) groups excluding carboxylic acids is 1. The fourth-order valence-electron chi connectivity index (χ4n) is 2.69. The summed E-state index contributed by atoms with van der Waals surface area (Å²) >= 11 is 0. The fourth-order valence-corrected chi connectivity index (χ4v) is 2.69. The highest BCUT2D eigenvalue weighted by atomic mass is 19.1. The number of carbonyl (C=O) groups is 1. The molecule has 6 nitrogen and oxygen atoms in total. The van der Waals surface area contributed by atoms with Gasteiger partial charge in [-0.15, -0.1) is 0 Å². The van der Waals surface area contributed by atoms with Crippen LogP contribution in [0.25, 0.3) is 5.69 Å². The van der Waals surface area contributed by atoms with Gasteiger partial charge in [0, 0.05) is 37.5 Å². The third-order valence-electron chi connectivity index (χ3n) is 3.97. The molecule has 2 atom stereocenters. The van der Waals surface area contributed by atoms with Gasteiger partial charge in [-0.05, 0) is 24.1 Å². The lowest BCUT2D eigenvalue weighted by Gasteiger charge is -2.14. The highest BCUT2D eigenvalue weighted by molar-refractivity contribution is 5.74. The number of rotatable bonds is 5. The molecule has 0 fully saturated rings. The first-order chi connectivity index (χ1) is 11.7. The molecule has 0 saturated carbocycles. The maximum absolute atomic E-state index is 14.1. The standard InChI is InChI=1S/C17H19FN4O2/c18-15-8-12(2-4-16(15)22-6-5-19-11-22)9-20-17(24)21-14-3-1-13(7-14)10-23/h1-6,8,11,13-14,23H,7,9-10H2,(H2,20,21,24)/t13-,14+/m0/s1. The molecule has 0 aliphatic heterocycles. The SMILES string of the molecule is O=C(NCc1ccc(-n2ccnc2)c(F)c1)N[C@@H]1C=C[C@H](CO)C1. The van der Waals surface area contributed by atoms with Crippen LogP contribution in [0.4, 0.5) is 9.18 Å². The van der Waals surface area contributed by atoms with E-state index in [1.807, 2.05) is 12.2 Å². The van der Waals surface area contributed by atoms with E-state index < -0.39 is 0 Å². The lowest BCUT2D eigenvalue weighted by atomic mass is 10.1. The van der Waals surface area contributed by atoms with Crippen molar-refractivity contribution in [3.63, 3.8) is 0 Å². The quantitative estimate of drug-likeness (QED) is 0.731. The van der Waals surface area contributed by atoms with Crippen LogP contribution in [0.2, 0.25) is 0 Å². The van der Waals surface area contributed by atoms with Crippen molar-refractivity contribution in [3.05, 3.63) is 60.5 Å². The van der Waals surface area contributed by atoms with E-state index in [2.05, 4.69) is 15.6 Å². The normalized spacial score (nSPS) is 19.4. The van der Waals surface area contributed by atoms with Gasteiger partial charge in [0.2, 0.25) is 0 Å². The van der Waals surface area contributed by atoms with Crippen molar-refractivity contribution < 1.29 is 14.3 Å². The third kappa shape index (κ3) is 3.80. The lowest BCUT2D eigenvalue weighted by molar-refractivity contribution is 0.231. The van der Waals surface area contributed by atoms with Crippen molar-refractivity contribution in [2.45, 2.75) is 19.0 Å². The van der Waals surface area contributed by atoms with Gasteiger partial charge in [-0.2, -0.15) is 0 Å². The maximum atomic E-state index is 14.1. The Labute approximate surface area is 139 Å². The summed E-state index contributed by atoms with van der Waals surface area (Å²) in [6, 6.07) is 4.41. The Bertz CT molecular complexity index is 730. The first-order valence-corrected chi connectivity index (χ1v) is 7.76. The Hall–Kier alpha value is -2.67. The van der Waals surface area contributed by atoms with Crippen LogP contribution in [0, 0.1) is 11.7 Å². The van der Waals surface area contributed by atoms with E-state index in [0.717, 1.165) is 0 Å². The second kappa shape index (κ2) is 7.27. The third-order valence-corrected chi connectivity index (χ3v) is 3.97. The molecule has 1 aliphatic rings. The van der Waals surface area contributed by atoms with Gasteiger partial charge in [0.15, 0.2) is 0 Å². The maximum Gasteiger partial charge on any atom is 0.315 e. The summed E-state index contributed by atoms with van der Waals surface area (Å²) in [7, 11) is 0. The van der Waals surface area contributed by atoms with Gasteiger partial charge in [-0.25, -0.2) is 14.2 Å². The van der Waals surface area contributed by atoms with Crippen molar-refractivity contribution >= 4 is 6.03 Å². The zero-order valence-corrected chi connectivity index (χ0v) is 13.0. The molecule has 3 N–H and O–H groups in total. The Morgan fingerprint density at radius 1 is 1.42 bits per heavy atom. The molecule has 1 aliphatic carbocycles. The largest absolute Gasteiger partial charge is 0.396 e. The Balaban J connectivity index is 1.52. The molecule has 0 radical (unpaired) electrons. The average molecular weight is 330 g/mol. The van der Waals surface area contributed by atoms with E-state index in [-0.39, 0.29) is 37.0 Å². The van der Waals surface area contributed by atoms with Crippen molar-refractivity contribution in [1.29, 1.82) is 0 Å². The van der Waals surface area contributed by atoms with Gasteiger partial charge < -0.3 is 20.3 Å². The minimum absolute atomic E-state index is 0.0810. The smallest absolute Gasteiger partial charge is 0.315 e. The fraction of sp³-hybridized carbons (Fsp3) is 0.294. The second-order valence-corrected chi connectivity index (χ2v) is 5.75. The van der Waals surface area contributed by atoms with E-state index in [0.29, 0.717) is 17.7 Å². The van der Waals surface area contributed by atoms with Gasteiger partial charge in [0.25, 0.3) is 0 Å². The van der Waals surface area contributed by atoms with Gasteiger partial charge in [-0.3, -0.25) is 0 Å². The summed E-state index contributed by atoms with van der Waals surface area (Å²) in [5.41, 5.74) is 1.08. The van der Waals surface area contributed by atoms with Crippen molar-refractivity contribution in [2.24, 2.45) is 5.92 Å². The Morgan fingerprint density at radius 2 is 2.29 bits per heavy atom. The van der Waals surface area contributed by atoms with Crippen LogP contribution in [0.5, 0.6) is 0 Å². The van der Waals surface area contributed by atoms with Crippen LogP contribution in [0.15, 0.2) is 49.1 Å². The average Bonchev–Trinajstić information content (AvgIpc) is 3.24. The van der Waals surface area contributed by atoms with Crippen LogP contribution in [0.1, 0.15) is 12.0 Å². The number of imidazole rings is 1. The van der Waals surface area contributed by atoms with Crippen molar-refractivity contribution in [3.8, 4) is 5.69 Å². The predicted molar refractivity (Wildman–Crippen MR) is 87.0 cm³/mol. The van der Waals surface area contributed by atoms with E-state index in [1.165, 1.54) is 12.4 Å². The molecule has 1 aromatic heterocycles. The number of aliphatic hydroxyl groups is 1. The topological polar surface area (TPSA) is 79.2 Å². The minimum Gasteiger partial charge on any atom is -0.396 e. The molecule has 0 spiro atoms. The number of nitrogens with zero attached hydrogens (tertiary/aromatic N) is 2. The summed E-state index contributed by atoms with van der Waals surface area (Å²) in [4.78, 5) is 15.8. The summed E-state index contributed by atoms with van der Waals surface area (Å²) in [6.45, 7) is 0.311. The number of nitrogens with one attached hydrogen (secondary N) is 2. The number of aromatic nitrogens is 2. The Kier molecular flexibility index (Phi) is 4.90. The van der Waals surface area contributed by atoms with Crippen LogP contribution in [-0.2, 0) is 6.54 Å². The number of hydrogen-bond acceptors (Lipinski definition) is 3. The Morgan fingerprint density at radius 3 is 2.96 bits per heavy atom. The van der Waals surface area contributed by atoms with Crippen LogP contribution < -0.4 is 10.6 Å². The van der Waals surface area contributed by atoms with Crippen LogP contribution >= 0.6 is 0 Å². The molecule has 2 aromatic rings. The van der Waals surface area contributed by atoms with Gasteiger partial charge in [-0.1, -0.05) is 18.2 Å². The molecule has 0 bridgehead atoms. The number of aliphatic hydroxyl groups excluding tert-OH is 1. The monoisotopic (exact) mass is 330 g/mol. The van der Waals surface area contributed by atoms with E-state index in [1.54, 1.807) is 29.1 Å². The van der Waals surface area contributed by atoms with E-state index in [4.69, 9.17) is 5.11 Å². The minimum atomic E-state index is -0.378. The van der Waals surface area contributed by atoms with Crippen molar-refractivity contribution in [1.82, 2.24) is 20.2 Å². The zero-order valence-electron chi connectivity index (χ0n) is 13.0. The molecule has 1 heterocycles. The predicted octanol–water partition coefficient (Wildman–Crippen LogP) is 1.75. The highest BCUT2D eigenvalue weighted by Gasteiger charge is 2.19. The molecular weight excluding hydrogens is 311 g/mol. The van der Waals surface area contributed by atoms with Crippen LogP contribution in [0.3, 0.4) is 0 Å². The van der Waals surface area contributed by atoms with Gasteiger partial charge in [0.1, 0.15) is 5.82 Å². The first kappa shape index (κ1) is 16.2. The lowest BCUT2D eigenvalue weighted by Crippen LogP contribution is -2.40. The number of halogens is 1. The second-order valence-electron chi connectivity index (χ2n) is 5.75. The summed E-state index contributed by atoms with van der Waals surface area (Å²) in [5.74, 6) is -0.280. The highest BCUT2D eigenvalue weighted by Crippen LogP contribution is 2.17. The number of urea groups is 1. The molecule has 126 valence electrons. The molecule has 2 amide bonds. The van der Waals surface area contributed by atoms with Crippen molar-refractivity contribution in [2.75, 3.05) is 6.61 Å². The molecule has 3 rings (SSSR count). The molecular formula is C17H19FN4O2. The first-order valence-electron chi connectivity index (χ1n) is 7.76. The summed E-state index contributed by atoms with van der Waals surface area (Å²) < 4.78 is 15.7. The van der Waals surface area contributed by atoms with E-state index in [9.17, 15) is 9.18 Å². The molecule has 7 heteroatoms. The molecule has 0 saturated heterocycles. The molecule has 0 unspecified atom stereocenters. The van der Waals surface area contributed by atoms with Gasteiger partial charge in [0.05, 0.1) is 12.0 Å². The zero-order chi connectivity index (χ0) is 16.9. The van der Waals surface area contributed by atoms with E-state index >= 15 is 0 Å². The number of amides is 2. The molecule has 1 aromatic carbocycles. The van der Waals surface area contributed by atoms with Crippen LogP contribution in [-0.4, -0.2) is 33.3 Å². The summed E-state index contributed by atoms with van der Waals surface area (Å²) in [6.07, 6.45) is 9.24. The van der Waals surface area contributed by atoms with Gasteiger partial charge >= 0.3 is 6.03 Å².